The Kier molecular flexibility index (Phi) is 4.33. The summed E-state index contributed by atoms with van der Waals surface area (Å²) in [5.74, 6) is 1.84. The van der Waals surface area contributed by atoms with Crippen LogP contribution in [0.1, 0.15) is 12.5 Å². The number of hydrogen-bond donors (Lipinski definition) is 1. The lowest BCUT2D eigenvalue weighted by atomic mass is 9.96. The summed E-state index contributed by atoms with van der Waals surface area (Å²) >= 11 is 1.47. The number of benzene rings is 1. The second kappa shape index (κ2) is 6.63. The van der Waals surface area contributed by atoms with Crippen molar-refractivity contribution in [2.75, 3.05) is 33.4 Å². The van der Waals surface area contributed by atoms with Gasteiger partial charge in [-0.15, -0.1) is 0 Å². The first-order chi connectivity index (χ1) is 12.2. The average molecular weight is 359 g/mol. The molecule has 0 spiro atoms. The third kappa shape index (κ3) is 2.97. The van der Waals surface area contributed by atoms with Crippen LogP contribution in [0.5, 0.6) is 11.5 Å². The molecule has 0 radical (unpaired) electrons. The molecule has 1 atom stereocenters. The summed E-state index contributed by atoms with van der Waals surface area (Å²) < 4.78 is 11.2. The van der Waals surface area contributed by atoms with Crippen LogP contribution in [-0.2, 0) is 11.2 Å². The van der Waals surface area contributed by atoms with Gasteiger partial charge in [-0.05, 0) is 36.7 Å². The first kappa shape index (κ1) is 16.3. The molecule has 132 valence electrons. The van der Waals surface area contributed by atoms with Crippen LogP contribution >= 0.6 is 11.8 Å². The minimum Gasteiger partial charge on any atom is -0.493 e. The zero-order valence-corrected chi connectivity index (χ0v) is 15.2. The molecule has 0 aliphatic carbocycles. The highest BCUT2D eigenvalue weighted by Crippen LogP contribution is 2.37. The smallest absolute Gasteiger partial charge is 0.259 e. The van der Waals surface area contributed by atoms with Crippen molar-refractivity contribution >= 4 is 22.8 Å². The van der Waals surface area contributed by atoms with Gasteiger partial charge >= 0.3 is 0 Å². The Morgan fingerprint density at radius 2 is 2.40 bits per heavy atom. The fourth-order valence-electron chi connectivity index (χ4n) is 3.39. The molecule has 0 saturated heterocycles. The minimum absolute atomic E-state index is 0.0176. The Hall–Kier alpha value is -2.15. The topological polar surface area (TPSA) is 63.2 Å². The van der Waals surface area contributed by atoms with Crippen LogP contribution in [-0.4, -0.2) is 49.3 Å². The van der Waals surface area contributed by atoms with E-state index in [1.807, 2.05) is 19.1 Å². The van der Waals surface area contributed by atoms with Crippen LogP contribution in [0.2, 0.25) is 0 Å². The Bertz CT molecular complexity index is 775. The van der Waals surface area contributed by atoms with Gasteiger partial charge in [0.2, 0.25) is 0 Å². The SMILES string of the molecule is COc1cccc2c1OCC(CNC(=O)C1=C(C)N3CCN=C3S1)C2. The third-order valence-electron chi connectivity index (χ3n) is 4.74. The van der Waals surface area contributed by atoms with E-state index >= 15 is 0 Å². The van der Waals surface area contributed by atoms with E-state index < -0.39 is 0 Å². The van der Waals surface area contributed by atoms with Crippen LogP contribution in [0.15, 0.2) is 33.8 Å². The zero-order valence-electron chi connectivity index (χ0n) is 14.4. The quantitative estimate of drug-likeness (QED) is 0.891. The van der Waals surface area contributed by atoms with Gasteiger partial charge in [0, 0.05) is 24.7 Å². The van der Waals surface area contributed by atoms with Gasteiger partial charge in [0.25, 0.3) is 5.91 Å². The van der Waals surface area contributed by atoms with Crippen molar-refractivity contribution in [2.45, 2.75) is 13.3 Å². The molecule has 7 heteroatoms. The first-order valence-corrected chi connectivity index (χ1v) is 9.26. The summed E-state index contributed by atoms with van der Waals surface area (Å²) in [5, 5.41) is 4.01. The molecule has 6 nitrogen and oxygen atoms in total. The number of hydrogen-bond acceptors (Lipinski definition) is 6. The number of para-hydroxylation sites is 1. The van der Waals surface area contributed by atoms with Crippen molar-refractivity contribution in [3.8, 4) is 11.5 Å². The predicted molar refractivity (Wildman–Crippen MR) is 98.0 cm³/mol. The molecule has 0 aromatic heterocycles. The number of nitrogens with one attached hydrogen (secondary N) is 1. The molecule has 1 aromatic carbocycles. The second-order valence-electron chi connectivity index (χ2n) is 6.37. The number of aliphatic imine (C=N–C) groups is 1. The van der Waals surface area contributed by atoms with Gasteiger partial charge in [-0.3, -0.25) is 9.79 Å². The van der Waals surface area contributed by atoms with Gasteiger partial charge in [0.1, 0.15) is 0 Å². The fraction of sp³-hybridized carbons (Fsp3) is 0.444. The molecule has 3 aliphatic heterocycles. The maximum absolute atomic E-state index is 12.5. The molecule has 3 aliphatic rings. The first-order valence-electron chi connectivity index (χ1n) is 8.45. The highest BCUT2D eigenvalue weighted by molar-refractivity contribution is 8.18. The van der Waals surface area contributed by atoms with E-state index in [1.165, 1.54) is 11.8 Å². The summed E-state index contributed by atoms with van der Waals surface area (Å²) in [6.07, 6.45) is 0.872. The number of carbonyl (C=O) groups excluding carboxylic acids is 1. The average Bonchev–Trinajstić information content (AvgIpc) is 3.22. The molecular formula is C18H21N3O3S. The summed E-state index contributed by atoms with van der Waals surface area (Å²) in [4.78, 5) is 19.8. The lowest BCUT2D eigenvalue weighted by molar-refractivity contribution is -0.117. The summed E-state index contributed by atoms with van der Waals surface area (Å²) in [7, 11) is 1.65. The van der Waals surface area contributed by atoms with E-state index in [9.17, 15) is 4.79 Å². The number of rotatable bonds is 4. The maximum atomic E-state index is 12.5. The number of amides is 1. The van der Waals surface area contributed by atoms with Crippen LogP contribution in [0, 0.1) is 5.92 Å². The number of carbonyl (C=O) groups is 1. The molecule has 1 N–H and O–H groups in total. The number of ether oxygens (including phenoxy) is 2. The largest absolute Gasteiger partial charge is 0.493 e. The predicted octanol–water partition coefficient (Wildman–Crippen LogP) is 2.01. The Balaban J connectivity index is 1.37. The van der Waals surface area contributed by atoms with Crippen molar-refractivity contribution in [2.24, 2.45) is 10.9 Å². The van der Waals surface area contributed by atoms with Gasteiger partial charge < -0.3 is 19.7 Å². The molecular weight excluding hydrogens is 338 g/mol. The molecule has 3 heterocycles. The van der Waals surface area contributed by atoms with Crippen molar-refractivity contribution in [3.63, 3.8) is 0 Å². The van der Waals surface area contributed by atoms with Crippen LogP contribution < -0.4 is 14.8 Å². The van der Waals surface area contributed by atoms with E-state index in [-0.39, 0.29) is 11.8 Å². The highest BCUT2D eigenvalue weighted by Gasteiger charge is 2.33. The lowest BCUT2D eigenvalue weighted by Gasteiger charge is -2.26. The number of allylic oxidation sites excluding steroid dienone is 1. The summed E-state index contributed by atoms with van der Waals surface area (Å²) in [5.41, 5.74) is 2.14. The van der Waals surface area contributed by atoms with Gasteiger partial charge in [0.15, 0.2) is 16.7 Å². The zero-order chi connectivity index (χ0) is 17.4. The highest BCUT2D eigenvalue weighted by atomic mass is 32.2. The normalized spacial score (nSPS) is 21.4. The molecule has 1 unspecified atom stereocenters. The van der Waals surface area contributed by atoms with Crippen molar-refractivity contribution in [3.05, 3.63) is 34.4 Å². The van der Waals surface area contributed by atoms with E-state index in [0.717, 1.165) is 52.3 Å². The van der Waals surface area contributed by atoms with E-state index in [1.54, 1.807) is 7.11 Å². The van der Waals surface area contributed by atoms with Crippen LogP contribution in [0.4, 0.5) is 0 Å². The molecule has 4 rings (SSSR count). The summed E-state index contributed by atoms with van der Waals surface area (Å²) in [6.45, 7) is 4.86. The van der Waals surface area contributed by atoms with Crippen molar-refractivity contribution < 1.29 is 14.3 Å². The number of amidine groups is 1. The minimum atomic E-state index is -0.0176. The number of fused-ring (bicyclic) bond motifs is 2. The van der Waals surface area contributed by atoms with Gasteiger partial charge in [0.05, 0.1) is 25.2 Å². The van der Waals surface area contributed by atoms with Gasteiger partial charge in [-0.25, -0.2) is 0 Å². The van der Waals surface area contributed by atoms with Crippen molar-refractivity contribution in [1.29, 1.82) is 0 Å². The third-order valence-corrected chi connectivity index (χ3v) is 5.96. The molecule has 0 saturated carbocycles. The maximum Gasteiger partial charge on any atom is 0.259 e. The Morgan fingerprint density at radius 1 is 1.52 bits per heavy atom. The Morgan fingerprint density at radius 3 is 3.20 bits per heavy atom. The molecule has 0 fully saturated rings. The Labute approximate surface area is 151 Å². The van der Waals surface area contributed by atoms with Gasteiger partial charge in [-0.1, -0.05) is 12.1 Å². The lowest BCUT2D eigenvalue weighted by Crippen LogP contribution is -2.35. The van der Waals surface area contributed by atoms with Crippen LogP contribution in [0.25, 0.3) is 0 Å². The molecule has 1 amide bonds. The molecule has 0 bridgehead atoms. The van der Waals surface area contributed by atoms with E-state index in [2.05, 4.69) is 21.3 Å². The standard InChI is InChI=1S/C18H21N3O3S/c1-11-16(25-18-19-6-7-21(11)18)17(22)20-9-12-8-13-4-3-5-14(23-2)15(13)24-10-12/h3-5,12H,6-10H2,1-2H3,(H,20,22). The fourth-order valence-corrected chi connectivity index (χ4v) is 4.49. The van der Waals surface area contributed by atoms with Crippen LogP contribution in [0.3, 0.4) is 0 Å². The van der Waals surface area contributed by atoms with Gasteiger partial charge in [-0.2, -0.15) is 0 Å². The number of thioether (sulfide) groups is 1. The molecule has 25 heavy (non-hydrogen) atoms. The summed E-state index contributed by atoms with van der Waals surface area (Å²) in [6, 6.07) is 5.93. The van der Waals surface area contributed by atoms with E-state index in [4.69, 9.17) is 9.47 Å². The van der Waals surface area contributed by atoms with Crippen molar-refractivity contribution in [1.82, 2.24) is 10.2 Å². The number of nitrogens with zero attached hydrogens (tertiary/aromatic N) is 2. The molecule has 1 aromatic rings. The second-order valence-corrected chi connectivity index (χ2v) is 7.35. The number of methoxy groups -OCH3 is 1. The van der Waals surface area contributed by atoms with E-state index in [0.29, 0.717) is 13.2 Å². The monoisotopic (exact) mass is 359 g/mol.